The van der Waals surface area contributed by atoms with Gasteiger partial charge in [0, 0.05) is 55.1 Å². The average Bonchev–Trinajstić information content (AvgIpc) is 4.21. The molecule has 0 amide bonds. The third kappa shape index (κ3) is 5.33. The molecule has 0 bridgehead atoms. The molecule has 342 valence electrons. The van der Waals surface area contributed by atoms with Crippen LogP contribution in [0.2, 0.25) is 0 Å². The topological polar surface area (TPSA) is 21.3 Å². The predicted molar refractivity (Wildman–Crippen MR) is 302 cm³/mol. The van der Waals surface area contributed by atoms with Gasteiger partial charge in [-0.25, -0.2) is 0 Å². The summed E-state index contributed by atoms with van der Waals surface area (Å²) in [5.41, 5.74) is 25.6. The Morgan fingerprint density at radius 1 is 0.356 bits per heavy atom. The van der Waals surface area contributed by atoms with E-state index in [1.165, 1.54) is 94.3 Å². The molecule has 73 heavy (non-hydrogen) atoms. The lowest BCUT2D eigenvalue weighted by molar-refractivity contribution is 0.660. The maximum Gasteiger partial charge on any atom is 0.143 e. The molecule has 0 saturated heterocycles. The summed E-state index contributed by atoms with van der Waals surface area (Å²) in [4.78, 5) is 2.50. The number of furan rings is 1. The van der Waals surface area contributed by atoms with Gasteiger partial charge in [0.1, 0.15) is 11.2 Å². The van der Waals surface area contributed by atoms with Crippen molar-refractivity contribution in [2.24, 2.45) is 0 Å². The minimum Gasteiger partial charge on any atom is -0.455 e. The van der Waals surface area contributed by atoms with E-state index in [1.54, 1.807) is 0 Å². The minimum absolute atomic E-state index is 0.184. The van der Waals surface area contributed by atoms with Crippen LogP contribution in [-0.2, 0) is 10.8 Å². The van der Waals surface area contributed by atoms with Crippen LogP contribution in [0.4, 0.5) is 17.1 Å². The van der Waals surface area contributed by atoms with E-state index in [2.05, 4.69) is 260 Å². The van der Waals surface area contributed by atoms with Crippen molar-refractivity contribution in [1.29, 1.82) is 0 Å². The molecule has 0 fully saturated rings. The highest BCUT2D eigenvalue weighted by Crippen LogP contribution is 2.65. The molecule has 0 radical (unpaired) electrons. The van der Waals surface area contributed by atoms with E-state index in [4.69, 9.17) is 4.42 Å². The van der Waals surface area contributed by atoms with Crippen LogP contribution in [0, 0.1) is 0 Å². The Labute approximate surface area is 423 Å². The van der Waals surface area contributed by atoms with E-state index < -0.39 is 5.41 Å². The lowest BCUT2D eigenvalue weighted by Gasteiger charge is -2.34. The van der Waals surface area contributed by atoms with Crippen LogP contribution >= 0.6 is 0 Å². The number of hydrogen-bond donors (Lipinski definition) is 0. The smallest absolute Gasteiger partial charge is 0.143 e. The first kappa shape index (κ1) is 40.5. The van der Waals surface area contributed by atoms with Gasteiger partial charge in [-0.15, -0.1) is 0 Å². The molecule has 2 aromatic heterocycles. The van der Waals surface area contributed by atoms with Gasteiger partial charge >= 0.3 is 0 Å². The van der Waals surface area contributed by atoms with Gasteiger partial charge in [0.2, 0.25) is 0 Å². The maximum absolute atomic E-state index is 6.67. The normalized spacial score (nSPS) is 14.1. The second kappa shape index (κ2) is 14.7. The van der Waals surface area contributed by atoms with Gasteiger partial charge in [-0.1, -0.05) is 196 Å². The Balaban J connectivity index is 0.972. The van der Waals surface area contributed by atoms with E-state index >= 15 is 0 Å². The summed E-state index contributed by atoms with van der Waals surface area (Å²) in [5.74, 6) is 0. The molecule has 0 atom stereocenters. The highest BCUT2D eigenvalue weighted by atomic mass is 16.3. The number of rotatable bonds is 5. The van der Waals surface area contributed by atoms with Crippen molar-refractivity contribution in [3.05, 3.63) is 276 Å². The van der Waals surface area contributed by atoms with Gasteiger partial charge in [-0.3, -0.25) is 0 Å². The van der Waals surface area contributed by atoms with Crippen LogP contribution in [0.3, 0.4) is 0 Å². The summed E-state index contributed by atoms with van der Waals surface area (Å²) < 4.78 is 9.21. The van der Waals surface area contributed by atoms with Crippen LogP contribution in [0.15, 0.2) is 247 Å². The fourth-order valence-corrected chi connectivity index (χ4v) is 13.7. The first-order valence-electron chi connectivity index (χ1n) is 25.5. The lowest BCUT2D eigenvalue weighted by atomic mass is 9.70. The summed E-state index contributed by atoms with van der Waals surface area (Å²) in [6.45, 7) is 4.75. The van der Waals surface area contributed by atoms with Gasteiger partial charge in [0.25, 0.3) is 0 Å². The van der Waals surface area contributed by atoms with Crippen molar-refractivity contribution < 1.29 is 4.42 Å². The fraction of sp³-hybridized carbons (Fsp3) is 0.0571. The number of benzene rings is 11. The van der Waals surface area contributed by atoms with Gasteiger partial charge in [-0.05, 0) is 127 Å². The number of para-hydroxylation sites is 4. The number of aromatic nitrogens is 1. The molecular weight excluding hydrogens is 885 g/mol. The second-order valence-corrected chi connectivity index (χ2v) is 20.7. The first-order valence-corrected chi connectivity index (χ1v) is 25.5. The number of nitrogens with zero attached hydrogens (tertiary/aromatic N) is 2. The molecule has 13 aromatic rings. The van der Waals surface area contributed by atoms with Crippen LogP contribution in [0.1, 0.15) is 47.2 Å². The third-order valence-electron chi connectivity index (χ3n) is 16.8. The molecule has 0 aliphatic heterocycles. The fourth-order valence-electron chi connectivity index (χ4n) is 13.7. The predicted octanol–water partition coefficient (Wildman–Crippen LogP) is 18.5. The first-order chi connectivity index (χ1) is 36.0. The standard InChI is InChI=1S/C70H46N2O/c1-69(2)58-29-9-3-20-48(58)51-38-36-45(41-61(51)69)71(44-19-15-18-43(40-44)47-26-16-28-57-55-25-8-14-35-66(55)73-68(47)57)46-37-39-52-56-27-17-34-65(72-63-32-12-6-23-53(63)54-24-7-13-33-64(54)72)67(56)70(62(52)42-46)59-30-10-4-21-49(59)50-22-5-11-31-60(50)70/h3-42H,1-2H3. The van der Waals surface area contributed by atoms with E-state index in [9.17, 15) is 0 Å². The summed E-state index contributed by atoms with van der Waals surface area (Å²) in [5, 5.41) is 4.76. The Bertz CT molecular complexity index is 4410. The van der Waals surface area contributed by atoms with E-state index in [-0.39, 0.29) is 5.41 Å². The van der Waals surface area contributed by atoms with E-state index in [0.717, 1.165) is 50.1 Å². The molecule has 0 unspecified atom stereocenters. The van der Waals surface area contributed by atoms with Gasteiger partial charge in [0.15, 0.2) is 0 Å². The zero-order valence-electron chi connectivity index (χ0n) is 40.4. The van der Waals surface area contributed by atoms with Crippen molar-refractivity contribution >= 4 is 60.8 Å². The minimum atomic E-state index is -0.636. The van der Waals surface area contributed by atoms with Crippen molar-refractivity contribution in [3.8, 4) is 50.2 Å². The molecule has 3 aliphatic carbocycles. The molecule has 1 spiro atoms. The van der Waals surface area contributed by atoms with Crippen LogP contribution in [-0.4, -0.2) is 4.57 Å². The van der Waals surface area contributed by atoms with Crippen LogP contribution in [0.5, 0.6) is 0 Å². The highest BCUT2D eigenvalue weighted by molar-refractivity contribution is 6.11. The Hall–Kier alpha value is -9.18. The zero-order valence-corrected chi connectivity index (χ0v) is 40.4. The van der Waals surface area contributed by atoms with Crippen LogP contribution < -0.4 is 4.90 Å². The Morgan fingerprint density at radius 2 is 0.849 bits per heavy atom. The van der Waals surface area contributed by atoms with E-state index in [1.807, 2.05) is 6.07 Å². The maximum atomic E-state index is 6.67. The molecule has 3 nitrogen and oxygen atoms in total. The molecule has 16 rings (SSSR count). The summed E-state index contributed by atoms with van der Waals surface area (Å²) >= 11 is 0. The summed E-state index contributed by atoms with van der Waals surface area (Å²) in [6, 6.07) is 90.5. The Kier molecular flexibility index (Phi) is 8.16. The molecular formula is C70H46N2O. The zero-order chi connectivity index (χ0) is 48.2. The second-order valence-electron chi connectivity index (χ2n) is 20.7. The summed E-state index contributed by atoms with van der Waals surface area (Å²) in [7, 11) is 0. The summed E-state index contributed by atoms with van der Waals surface area (Å²) in [6.07, 6.45) is 0. The molecule has 11 aromatic carbocycles. The van der Waals surface area contributed by atoms with Gasteiger partial charge in [0.05, 0.1) is 22.1 Å². The van der Waals surface area contributed by atoms with Gasteiger partial charge in [-0.2, -0.15) is 0 Å². The van der Waals surface area contributed by atoms with Crippen molar-refractivity contribution in [2.75, 3.05) is 4.90 Å². The van der Waals surface area contributed by atoms with Crippen molar-refractivity contribution in [2.45, 2.75) is 24.7 Å². The molecule has 0 N–H and O–H groups in total. The number of anilines is 3. The van der Waals surface area contributed by atoms with Crippen molar-refractivity contribution in [3.63, 3.8) is 0 Å². The number of fused-ring (bicyclic) bond motifs is 19. The molecule has 3 aliphatic rings. The lowest BCUT2D eigenvalue weighted by Crippen LogP contribution is -2.27. The van der Waals surface area contributed by atoms with Gasteiger partial charge < -0.3 is 13.9 Å². The quantitative estimate of drug-likeness (QED) is 0.171. The molecule has 2 heterocycles. The monoisotopic (exact) mass is 930 g/mol. The van der Waals surface area contributed by atoms with Crippen molar-refractivity contribution in [1.82, 2.24) is 4.57 Å². The SMILES string of the molecule is CC1(C)c2ccccc2-c2ccc(N(c3cccc(-c4cccc5c4oc4ccccc45)c3)c3ccc4c(c3)C3(c5ccccc5-c5ccccc53)c3c-4cccc3-n3c4ccccc4c4ccccc43)cc21. The Morgan fingerprint density at radius 3 is 1.56 bits per heavy atom. The number of hydrogen-bond acceptors (Lipinski definition) is 2. The largest absolute Gasteiger partial charge is 0.455 e. The molecule has 3 heteroatoms. The highest BCUT2D eigenvalue weighted by Gasteiger charge is 2.53. The van der Waals surface area contributed by atoms with Crippen LogP contribution in [0.25, 0.3) is 93.9 Å². The molecule has 0 saturated carbocycles. The third-order valence-corrected chi connectivity index (χ3v) is 16.8. The average molecular weight is 931 g/mol. The van der Waals surface area contributed by atoms with E-state index in [0.29, 0.717) is 0 Å².